The Bertz CT molecular complexity index is 1370. The van der Waals surface area contributed by atoms with Gasteiger partial charge in [-0.3, -0.25) is 14.3 Å². The van der Waals surface area contributed by atoms with Gasteiger partial charge in [0.25, 0.3) is 5.56 Å². The second-order valence-electron chi connectivity index (χ2n) is 6.46. The first-order valence-electron chi connectivity index (χ1n) is 9.13. The number of aromatic amines is 1. The number of hydrogen-bond donors (Lipinski definition) is 3. The van der Waals surface area contributed by atoms with Crippen molar-refractivity contribution in [1.82, 2.24) is 19.1 Å². The van der Waals surface area contributed by atoms with Gasteiger partial charge in [-0.2, -0.15) is 0 Å². The number of hydrogen-bond acceptors (Lipinski definition) is 9. The molecule has 0 amide bonds. The molecule has 0 saturated heterocycles. The fourth-order valence-corrected chi connectivity index (χ4v) is 2.55. The maximum Gasteiger partial charge on any atom is 2.00 e. The summed E-state index contributed by atoms with van der Waals surface area (Å²) in [4.78, 5) is 48.9. The molecule has 0 aliphatic heterocycles. The Hall–Kier alpha value is -3.61. The molecule has 0 aliphatic rings. The molecule has 2 aromatic heterocycles. The van der Waals surface area contributed by atoms with Crippen molar-refractivity contribution in [2.24, 2.45) is 14.1 Å². The van der Waals surface area contributed by atoms with E-state index in [1.165, 1.54) is 47.3 Å². The van der Waals surface area contributed by atoms with Gasteiger partial charge in [-0.1, -0.05) is 24.3 Å². The zero-order valence-corrected chi connectivity index (χ0v) is 20.3. The van der Waals surface area contributed by atoms with Crippen molar-refractivity contribution in [3.8, 4) is 11.5 Å². The molecule has 34 heavy (non-hydrogen) atoms. The van der Waals surface area contributed by atoms with Gasteiger partial charge in [-0.05, 0) is 24.3 Å². The van der Waals surface area contributed by atoms with E-state index in [0.717, 1.165) is 0 Å². The third-order valence-corrected chi connectivity index (χ3v) is 4.22. The van der Waals surface area contributed by atoms with Gasteiger partial charge in [0.1, 0.15) is 11.5 Å². The van der Waals surface area contributed by atoms with Gasteiger partial charge >= 0.3 is 43.4 Å². The molecule has 4 rings (SSSR count). The molecular weight excluding hydrogens is 476 g/mol. The average Bonchev–Trinajstić information content (AvgIpc) is 3.15. The molecule has 0 radical (unpaired) electrons. The zero-order valence-electron chi connectivity index (χ0n) is 18.1. The Balaban J connectivity index is 0.000000255. The molecule has 12 nitrogen and oxygen atoms in total. The van der Waals surface area contributed by atoms with Crippen molar-refractivity contribution < 1.29 is 30.0 Å². The molecule has 4 aromatic rings. The van der Waals surface area contributed by atoms with Crippen LogP contribution in [0.3, 0.4) is 0 Å². The molecule has 172 valence electrons. The largest absolute Gasteiger partial charge is 2.00 e. The van der Waals surface area contributed by atoms with Crippen LogP contribution in [0.1, 0.15) is 20.7 Å². The predicted molar refractivity (Wildman–Crippen MR) is 117 cm³/mol. The topological polar surface area (TPSA) is 193 Å². The van der Waals surface area contributed by atoms with Gasteiger partial charge in [0.05, 0.1) is 18.3 Å². The van der Waals surface area contributed by atoms with E-state index in [1.807, 2.05) is 0 Å². The normalized spacial score (nSPS) is 9.59. The van der Waals surface area contributed by atoms with Crippen molar-refractivity contribution in [3.63, 3.8) is 0 Å². The first-order valence-corrected chi connectivity index (χ1v) is 9.13. The van der Waals surface area contributed by atoms with Crippen LogP contribution >= 0.6 is 0 Å². The molecule has 0 aliphatic carbocycles. The van der Waals surface area contributed by atoms with Crippen molar-refractivity contribution in [3.05, 3.63) is 86.8 Å². The van der Waals surface area contributed by atoms with Gasteiger partial charge in [0.2, 0.25) is 0 Å². The molecule has 13 heteroatoms. The molecule has 0 spiro atoms. The van der Waals surface area contributed by atoms with Gasteiger partial charge in [-0.25, -0.2) is 9.78 Å². The second-order valence-corrected chi connectivity index (χ2v) is 6.46. The van der Waals surface area contributed by atoms with Crippen LogP contribution in [-0.4, -0.2) is 79.0 Å². The number of aromatic carboxylic acids is 2. The van der Waals surface area contributed by atoms with Crippen LogP contribution in [0.15, 0.2) is 64.4 Å². The van der Waals surface area contributed by atoms with E-state index in [4.69, 9.17) is 10.2 Å². The number of aromatic hydroxyl groups is 2. The number of carboxylic acid groups (broad SMARTS) is 2. The van der Waals surface area contributed by atoms with Crippen LogP contribution in [0.2, 0.25) is 0 Å². The number of benzene rings is 2. The van der Waals surface area contributed by atoms with Crippen LogP contribution in [0.4, 0.5) is 0 Å². The van der Waals surface area contributed by atoms with E-state index in [9.17, 15) is 29.4 Å². The van der Waals surface area contributed by atoms with E-state index >= 15 is 0 Å². The summed E-state index contributed by atoms with van der Waals surface area (Å²) in [6, 6.07) is 11.3. The first kappa shape index (κ1) is 28.4. The zero-order chi connectivity index (χ0) is 24.7. The summed E-state index contributed by atoms with van der Waals surface area (Å²) in [5, 5.41) is 38.0. The summed E-state index contributed by atoms with van der Waals surface area (Å²) >= 11 is 0. The number of aryl methyl sites for hydroxylation is 2. The molecule has 0 bridgehead atoms. The number of rotatable bonds is 2. The third kappa shape index (κ3) is 6.94. The summed E-state index contributed by atoms with van der Waals surface area (Å²) in [7, 11) is 3.27. The van der Waals surface area contributed by atoms with Crippen molar-refractivity contribution in [1.29, 1.82) is 0 Å². The Morgan fingerprint density at radius 2 is 1.32 bits per heavy atom. The van der Waals surface area contributed by atoms with Crippen LogP contribution in [0.25, 0.3) is 11.2 Å². The smallest absolute Gasteiger partial charge is 0.545 e. The summed E-state index contributed by atoms with van der Waals surface area (Å²) < 4.78 is 2.88. The number of para-hydroxylation sites is 2. The maximum atomic E-state index is 11.3. The quantitative estimate of drug-likeness (QED) is 0.267. The van der Waals surface area contributed by atoms with E-state index in [0.29, 0.717) is 11.2 Å². The molecule has 3 N–H and O–H groups in total. The first-order chi connectivity index (χ1) is 15.5. The summed E-state index contributed by atoms with van der Waals surface area (Å²) in [5.74, 6) is -3.25. The predicted octanol–water partition coefficient (Wildman–Crippen LogP) is -1.91. The number of fused-ring (bicyclic) bond motifs is 1. The number of carbonyl (C=O) groups excluding carboxylic acids is 2. The number of nitrogens with one attached hydrogen (secondary N) is 1. The Morgan fingerprint density at radius 1 is 0.882 bits per heavy atom. The van der Waals surface area contributed by atoms with E-state index < -0.39 is 23.2 Å². The van der Waals surface area contributed by atoms with Gasteiger partial charge < -0.3 is 34.6 Å². The fraction of sp³-hybridized carbons (Fsp3) is 0.0952. The molecule has 0 atom stereocenters. The Morgan fingerprint density at radius 3 is 1.71 bits per heavy atom. The fourth-order valence-electron chi connectivity index (χ4n) is 2.55. The molecule has 0 saturated carbocycles. The van der Waals surface area contributed by atoms with E-state index in [1.54, 1.807) is 30.8 Å². The average molecular weight is 494 g/mol. The summed E-state index contributed by atoms with van der Waals surface area (Å²) in [6.07, 6.45) is 1.50. The van der Waals surface area contributed by atoms with Gasteiger partial charge in [0, 0.05) is 25.2 Å². The van der Waals surface area contributed by atoms with E-state index in [2.05, 4.69) is 9.97 Å². The van der Waals surface area contributed by atoms with Crippen molar-refractivity contribution in [2.45, 2.75) is 0 Å². The van der Waals surface area contributed by atoms with Crippen LogP contribution in [-0.2, 0) is 14.1 Å². The summed E-state index contributed by atoms with van der Waals surface area (Å²) in [5.41, 5.74) is -0.405. The Kier molecular flexibility index (Phi) is 10.5. The van der Waals surface area contributed by atoms with Crippen LogP contribution < -0.4 is 21.5 Å². The molecule has 0 unspecified atom stereocenters. The van der Waals surface area contributed by atoms with Gasteiger partial charge in [0.15, 0.2) is 11.2 Å². The van der Waals surface area contributed by atoms with Crippen LogP contribution in [0.5, 0.6) is 11.5 Å². The maximum absolute atomic E-state index is 11.3. The van der Waals surface area contributed by atoms with E-state index in [-0.39, 0.29) is 60.4 Å². The molecule has 0 fully saturated rings. The number of carbonyl (C=O) groups is 2. The molecule has 2 aromatic carbocycles. The Labute approximate surface area is 221 Å². The SMILES string of the molecule is Cn1cnc2c1c(=O)[nH]c(=O)n2C.O=C([O-])c1ccccc1O.O=C([O-])c1ccccc1O.[Ca+2]. The van der Waals surface area contributed by atoms with Crippen molar-refractivity contribution >= 4 is 60.8 Å². The van der Waals surface area contributed by atoms with Crippen LogP contribution in [0, 0.1) is 0 Å². The standard InChI is InChI=1S/C7H8N4O2.2C7H6O3.Ca/c1-10-3-8-5-4(10)6(12)9-7(13)11(5)2;2*8-6-4-2-1-3-5(6)7(9)10;/h3H,1-2H3,(H,9,12,13);2*1-4,8H,(H,9,10);/q;;;+2/p-2. The number of carboxylic acids is 2. The van der Waals surface area contributed by atoms with Crippen molar-refractivity contribution in [2.75, 3.05) is 0 Å². The van der Waals surface area contributed by atoms with Gasteiger partial charge in [-0.15, -0.1) is 0 Å². The second kappa shape index (κ2) is 12.6. The minimum absolute atomic E-state index is 0. The minimum atomic E-state index is -1.36. The number of phenols is 2. The number of H-pyrrole nitrogens is 1. The number of nitrogens with zero attached hydrogens (tertiary/aromatic N) is 3. The summed E-state index contributed by atoms with van der Waals surface area (Å²) in [6.45, 7) is 0. The third-order valence-electron chi connectivity index (χ3n) is 4.22. The monoisotopic (exact) mass is 494 g/mol. The number of aromatic nitrogens is 4. The number of imidazole rings is 1. The molecular formula is C21H18CaN4O8. The minimum Gasteiger partial charge on any atom is -0.545 e. The molecule has 2 heterocycles.